The fraction of sp³-hybridized carbons (Fsp3) is 0.133. The second kappa shape index (κ2) is 5.02. The highest BCUT2D eigenvalue weighted by Crippen LogP contribution is 2.25. The molecule has 4 heteroatoms. The lowest BCUT2D eigenvalue weighted by atomic mass is 9.92. The Hall–Kier alpha value is -2.49. The van der Waals surface area contributed by atoms with Crippen LogP contribution in [0.1, 0.15) is 37.4 Å². The van der Waals surface area contributed by atoms with Gasteiger partial charge in [-0.25, -0.2) is 0 Å². The Kier molecular flexibility index (Phi) is 3.42. The van der Waals surface area contributed by atoms with Crippen LogP contribution in [-0.4, -0.2) is 17.1 Å². The molecule has 0 aliphatic heterocycles. The normalized spacial score (nSPS) is 10.2. The second-order valence-corrected chi connectivity index (χ2v) is 4.38. The highest BCUT2D eigenvalue weighted by Gasteiger charge is 2.17. The van der Waals surface area contributed by atoms with Gasteiger partial charge in [-0.2, -0.15) is 0 Å². The van der Waals surface area contributed by atoms with Crippen LogP contribution in [0.4, 0.5) is 5.69 Å². The Morgan fingerprint density at radius 2 is 1.89 bits per heavy atom. The summed E-state index contributed by atoms with van der Waals surface area (Å²) < 4.78 is 0. The van der Waals surface area contributed by atoms with Gasteiger partial charge in [-0.3, -0.25) is 14.6 Å². The molecule has 0 spiro atoms. The quantitative estimate of drug-likeness (QED) is 0.518. The first-order valence-electron chi connectivity index (χ1n) is 5.85. The Balaban J connectivity index is 2.63. The molecule has 2 aromatic rings. The summed E-state index contributed by atoms with van der Waals surface area (Å²) in [5.74, 6) is -0.198. The van der Waals surface area contributed by atoms with E-state index in [1.807, 2.05) is 6.92 Å². The fourth-order valence-electron chi connectivity index (χ4n) is 2.01. The lowest BCUT2D eigenvalue weighted by molar-refractivity contribution is 0.102. The molecular formula is C15H14N2O2. The number of aldehydes is 1. The van der Waals surface area contributed by atoms with Crippen LogP contribution >= 0.6 is 0 Å². The van der Waals surface area contributed by atoms with E-state index < -0.39 is 0 Å². The van der Waals surface area contributed by atoms with Gasteiger partial charge in [-0.15, -0.1) is 0 Å². The Labute approximate surface area is 111 Å². The van der Waals surface area contributed by atoms with E-state index in [-0.39, 0.29) is 5.78 Å². The summed E-state index contributed by atoms with van der Waals surface area (Å²) in [6.07, 6.45) is 3.77. The molecule has 0 bridgehead atoms. The molecule has 0 aliphatic carbocycles. The molecule has 0 aliphatic rings. The van der Waals surface area contributed by atoms with E-state index in [2.05, 4.69) is 4.98 Å². The standard InChI is InChI=1S/C15H14N2O2/c1-9-7-12(13(8-18)10(2)14(9)16)15(19)11-3-5-17-6-4-11/h3-8H,16H2,1-2H3. The molecule has 1 aromatic heterocycles. The molecular weight excluding hydrogens is 240 g/mol. The van der Waals surface area contributed by atoms with E-state index in [0.29, 0.717) is 34.2 Å². The summed E-state index contributed by atoms with van der Waals surface area (Å²) >= 11 is 0. The van der Waals surface area contributed by atoms with Gasteiger partial charge in [0.15, 0.2) is 12.1 Å². The number of ketones is 1. The third kappa shape index (κ3) is 2.25. The minimum absolute atomic E-state index is 0.198. The Bertz CT molecular complexity index is 649. The average molecular weight is 254 g/mol. The summed E-state index contributed by atoms with van der Waals surface area (Å²) in [5, 5.41) is 0. The molecule has 4 nitrogen and oxygen atoms in total. The molecule has 0 fully saturated rings. The SMILES string of the molecule is Cc1cc(C(=O)c2ccncc2)c(C=O)c(C)c1N. The molecule has 2 N–H and O–H groups in total. The summed E-state index contributed by atoms with van der Waals surface area (Å²) in [6, 6.07) is 4.91. The summed E-state index contributed by atoms with van der Waals surface area (Å²) in [5.41, 5.74) is 9.11. The van der Waals surface area contributed by atoms with Crippen molar-refractivity contribution in [3.05, 3.63) is 58.4 Å². The van der Waals surface area contributed by atoms with E-state index >= 15 is 0 Å². The third-order valence-corrected chi connectivity index (χ3v) is 3.19. The fourth-order valence-corrected chi connectivity index (χ4v) is 2.01. The van der Waals surface area contributed by atoms with Crippen molar-refractivity contribution < 1.29 is 9.59 Å². The number of nitrogens with zero attached hydrogens (tertiary/aromatic N) is 1. The van der Waals surface area contributed by atoms with Gasteiger partial charge in [0.2, 0.25) is 0 Å². The molecule has 0 saturated carbocycles. The van der Waals surface area contributed by atoms with Crippen LogP contribution in [0.25, 0.3) is 0 Å². The van der Waals surface area contributed by atoms with Crippen LogP contribution in [0.15, 0.2) is 30.6 Å². The van der Waals surface area contributed by atoms with E-state index in [9.17, 15) is 9.59 Å². The average Bonchev–Trinajstić information content (AvgIpc) is 2.44. The molecule has 0 saturated heterocycles. The van der Waals surface area contributed by atoms with Crippen molar-refractivity contribution in [1.82, 2.24) is 4.98 Å². The van der Waals surface area contributed by atoms with Gasteiger partial charge in [0.25, 0.3) is 0 Å². The number of aryl methyl sites for hydroxylation is 1. The second-order valence-electron chi connectivity index (χ2n) is 4.38. The van der Waals surface area contributed by atoms with Crippen LogP contribution in [0.2, 0.25) is 0 Å². The van der Waals surface area contributed by atoms with Gasteiger partial charge in [0, 0.05) is 34.8 Å². The molecule has 19 heavy (non-hydrogen) atoms. The number of carbonyl (C=O) groups excluding carboxylic acids is 2. The Morgan fingerprint density at radius 1 is 1.26 bits per heavy atom. The minimum atomic E-state index is -0.198. The van der Waals surface area contributed by atoms with Gasteiger partial charge in [0.05, 0.1) is 0 Å². The van der Waals surface area contributed by atoms with Gasteiger partial charge in [0.1, 0.15) is 0 Å². The largest absolute Gasteiger partial charge is 0.398 e. The van der Waals surface area contributed by atoms with Crippen molar-refractivity contribution >= 4 is 17.8 Å². The van der Waals surface area contributed by atoms with Crippen LogP contribution < -0.4 is 5.73 Å². The molecule has 0 unspecified atom stereocenters. The van der Waals surface area contributed by atoms with Crippen molar-refractivity contribution in [3.63, 3.8) is 0 Å². The van der Waals surface area contributed by atoms with Crippen molar-refractivity contribution in [3.8, 4) is 0 Å². The number of aromatic nitrogens is 1. The molecule has 1 aromatic carbocycles. The number of carbonyl (C=O) groups is 2. The smallest absolute Gasteiger partial charge is 0.193 e. The Morgan fingerprint density at radius 3 is 2.47 bits per heavy atom. The highest BCUT2D eigenvalue weighted by atomic mass is 16.1. The van der Waals surface area contributed by atoms with Crippen molar-refractivity contribution in [2.24, 2.45) is 0 Å². The third-order valence-electron chi connectivity index (χ3n) is 3.19. The maximum absolute atomic E-state index is 12.4. The van der Waals surface area contributed by atoms with E-state index in [4.69, 9.17) is 5.73 Å². The van der Waals surface area contributed by atoms with Gasteiger partial charge >= 0.3 is 0 Å². The van der Waals surface area contributed by atoms with Crippen molar-refractivity contribution in [2.75, 3.05) is 5.73 Å². The molecule has 0 amide bonds. The maximum Gasteiger partial charge on any atom is 0.193 e. The number of pyridine rings is 1. The van der Waals surface area contributed by atoms with Gasteiger partial charge in [-0.05, 0) is 43.2 Å². The predicted octanol–water partition coefficient (Wildman–Crippen LogP) is 2.32. The summed E-state index contributed by atoms with van der Waals surface area (Å²) in [4.78, 5) is 27.5. The number of anilines is 1. The van der Waals surface area contributed by atoms with Crippen molar-refractivity contribution in [2.45, 2.75) is 13.8 Å². The molecule has 96 valence electrons. The van der Waals surface area contributed by atoms with Crippen LogP contribution in [-0.2, 0) is 0 Å². The number of hydrogen-bond donors (Lipinski definition) is 1. The predicted molar refractivity (Wildman–Crippen MR) is 73.4 cm³/mol. The number of nitrogens with two attached hydrogens (primary N) is 1. The molecule has 1 heterocycles. The lowest BCUT2D eigenvalue weighted by Crippen LogP contribution is -2.09. The summed E-state index contributed by atoms with van der Waals surface area (Å²) in [7, 11) is 0. The van der Waals surface area contributed by atoms with Gasteiger partial charge < -0.3 is 5.73 Å². The minimum Gasteiger partial charge on any atom is -0.398 e. The number of benzene rings is 1. The van der Waals surface area contributed by atoms with Crippen molar-refractivity contribution in [1.29, 1.82) is 0 Å². The molecule has 2 rings (SSSR count). The van der Waals surface area contributed by atoms with Gasteiger partial charge in [-0.1, -0.05) is 0 Å². The van der Waals surface area contributed by atoms with E-state index in [0.717, 1.165) is 5.56 Å². The zero-order valence-electron chi connectivity index (χ0n) is 10.8. The van der Waals surface area contributed by atoms with E-state index in [1.54, 1.807) is 37.5 Å². The zero-order chi connectivity index (χ0) is 14.0. The molecule has 0 radical (unpaired) electrons. The van der Waals surface area contributed by atoms with Crippen LogP contribution in [0.3, 0.4) is 0 Å². The first-order valence-corrected chi connectivity index (χ1v) is 5.85. The zero-order valence-corrected chi connectivity index (χ0v) is 10.8. The lowest BCUT2D eigenvalue weighted by Gasteiger charge is -2.12. The number of hydrogen-bond acceptors (Lipinski definition) is 4. The topological polar surface area (TPSA) is 73.0 Å². The van der Waals surface area contributed by atoms with Crippen LogP contribution in [0.5, 0.6) is 0 Å². The molecule has 0 atom stereocenters. The van der Waals surface area contributed by atoms with Crippen LogP contribution in [0, 0.1) is 13.8 Å². The number of rotatable bonds is 3. The highest BCUT2D eigenvalue weighted by molar-refractivity contribution is 6.13. The first kappa shape index (κ1) is 13.0. The van der Waals surface area contributed by atoms with E-state index in [1.165, 1.54) is 0 Å². The summed E-state index contributed by atoms with van der Waals surface area (Å²) in [6.45, 7) is 3.57. The maximum atomic E-state index is 12.4. The monoisotopic (exact) mass is 254 g/mol. The number of nitrogen functional groups attached to an aromatic ring is 1. The first-order chi connectivity index (χ1) is 9.06.